The van der Waals surface area contributed by atoms with Gasteiger partial charge in [0.25, 0.3) is 0 Å². The lowest BCUT2D eigenvalue weighted by Crippen LogP contribution is -2.77. The van der Waals surface area contributed by atoms with E-state index >= 15 is 0 Å². The summed E-state index contributed by atoms with van der Waals surface area (Å²) in [4.78, 5) is 21.9. The van der Waals surface area contributed by atoms with Crippen LogP contribution in [-0.4, -0.2) is 31.3 Å². The molecule has 0 aromatic carbocycles. The number of nitro groups is 2. The second kappa shape index (κ2) is 4.43. The molecule has 118 valence electrons. The molecule has 4 saturated carbocycles. The highest BCUT2D eigenvalue weighted by molar-refractivity contribution is 6.44. The van der Waals surface area contributed by atoms with Crippen molar-refractivity contribution in [3.8, 4) is 0 Å². The maximum atomic E-state index is 11.8. The Labute approximate surface area is 131 Å². The van der Waals surface area contributed by atoms with E-state index in [0.29, 0.717) is 19.3 Å². The third kappa shape index (κ3) is 1.97. The highest BCUT2D eigenvalue weighted by Crippen LogP contribution is 2.64. The van der Waals surface area contributed by atoms with Crippen LogP contribution in [0.5, 0.6) is 0 Å². The minimum absolute atomic E-state index is 0.0549. The van der Waals surface area contributed by atoms with Crippen molar-refractivity contribution in [2.75, 3.05) is 0 Å². The first kappa shape index (κ1) is 15.2. The lowest BCUT2D eigenvalue weighted by atomic mass is 9.43. The van der Waals surface area contributed by atoms with Gasteiger partial charge in [-0.3, -0.25) is 20.2 Å². The van der Waals surface area contributed by atoms with Crippen molar-refractivity contribution >= 4 is 23.2 Å². The fourth-order valence-electron chi connectivity index (χ4n) is 5.49. The number of nitrogens with two attached hydrogens (primary N) is 1. The second-order valence-corrected chi connectivity index (χ2v) is 8.36. The van der Waals surface area contributed by atoms with E-state index in [2.05, 4.69) is 0 Å². The van der Waals surface area contributed by atoms with Gasteiger partial charge in [0.05, 0.1) is 12.3 Å². The number of alkyl halides is 2. The first-order valence-corrected chi connectivity index (χ1v) is 7.87. The zero-order valence-corrected chi connectivity index (χ0v) is 12.8. The Hall–Kier alpha value is -0.660. The first-order valence-electron chi connectivity index (χ1n) is 7.00. The quantitative estimate of drug-likeness (QED) is 0.479. The van der Waals surface area contributed by atoms with Crippen LogP contribution >= 0.6 is 23.2 Å². The van der Waals surface area contributed by atoms with Gasteiger partial charge in [0.2, 0.25) is 11.1 Å². The summed E-state index contributed by atoms with van der Waals surface area (Å²) in [6, 6.07) is 0. The normalized spacial score (nSPS) is 47.8. The van der Waals surface area contributed by atoms with Gasteiger partial charge in [-0.25, -0.2) is 0 Å². The van der Waals surface area contributed by atoms with Crippen molar-refractivity contribution in [3.63, 3.8) is 0 Å². The SMILES string of the molecule is NC12CC3CC([N+](=O)[O-])(C1)CC([N+](=O)[O-])(C3)C2CC(Cl)Cl. The number of nitrogens with zero attached hydrogens (tertiary/aromatic N) is 2. The molecule has 4 fully saturated rings. The van der Waals surface area contributed by atoms with Crippen molar-refractivity contribution in [1.82, 2.24) is 0 Å². The Morgan fingerprint density at radius 1 is 1.14 bits per heavy atom. The van der Waals surface area contributed by atoms with Crippen molar-refractivity contribution in [1.29, 1.82) is 0 Å². The third-order valence-electron chi connectivity index (χ3n) is 5.78. The largest absolute Gasteiger partial charge is 0.324 e. The zero-order chi connectivity index (χ0) is 15.6. The van der Waals surface area contributed by atoms with Gasteiger partial charge in [-0.1, -0.05) is 0 Å². The van der Waals surface area contributed by atoms with Gasteiger partial charge in [-0.05, 0) is 18.8 Å². The van der Waals surface area contributed by atoms with Gasteiger partial charge in [-0.15, -0.1) is 23.2 Å². The zero-order valence-electron chi connectivity index (χ0n) is 11.3. The Bertz CT molecular complexity index is 519. The molecule has 4 rings (SSSR count). The smallest absolute Gasteiger partial charge is 0.234 e. The van der Waals surface area contributed by atoms with Gasteiger partial charge in [-0.2, -0.15) is 0 Å². The molecule has 5 unspecified atom stereocenters. The topological polar surface area (TPSA) is 112 Å². The molecule has 0 spiro atoms. The molecule has 4 aliphatic rings. The molecule has 7 nitrogen and oxygen atoms in total. The van der Waals surface area contributed by atoms with Gasteiger partial charge < -0.3 is 5.73 Å². The third-order valence-corrected chi connectivity index (χ3v) is 6.14. The van der Waals surface area contributed by atoms with Crippen molar-refractivity contribution < 1.29 is 9.85 Å². The molecular formula is C12H17Cl2N3O4. The van der Waals surface area contributed by atoms with Crippen LogP contribution in [0.2, 0.25) is 0 Å². The molecule has 0 radical (unpaired) electrons. The standard InChI is InChI=1S/C12H17Cl2N3O4/c13-9(14)1-8-11(15)3-7-2-10(5-11,16(18)19)6-12(8,4-7)17(20)21/h7-9H,1-6,15H2. The lowest BCUT2D eigenvalue weighted by Gasteiger charge is -2.61. The molecule has 0 heterocycles. The van der Waals surface area contributed by atoms with E-state index in [-0.39, 0.29) is 35.0 Å². The Morgan fingerprint density at radius 2 is 1.81 bits per heavy atom. The summed E-state index contributed by atoms with van der Waals surface area (Å²) in [5.41, 5.74) is 2.90. The molecule has 4 bridgehead atoms. The van der Waals surface area contributed by atoms with Crippen LogP contribution in [-0.2, 0) is 0 Å². The Balaban J connectivity index is 2.10. The predicted molar refractivity (Wildman–Crippen MR) is 76.5 cm³/mol. The number of rotatable bonds is 4. The highest BCUT2D eigenvalue weighted by atomic mass is 35.5. The highest BCUT2D eigenvalue weighted by Gasteiger charge is 2.77. The Morgan fingerprint density at radius 3 is 2.33 bits per heavy atom. The summed E-state index contributed by atoms with van der Waals surface area (Å²) in [6.45, 7) is 0. The summed E-state index contributed by atoms with van der Waals surface area (Å²) >= 11 is 11.7. The van der Waals surface area contributed by atoms with Crippen LogP contribution in [0.3, 0.4) is 0 Å². The maximum Gasteiger partial charge on any atom is 0.234 e. The van der Waals surface area contributed by atoms with Crippen LogP contribution in [0, 0.1) is 32.1 Å². The summed E-state index contributed by atoms with van der Waals surface area (Å²) in [5, 5.41) is 23.4. The molecule has 9 heteroatoms. The van der Waals surface area contributed by atoms with Crippen LogP contribution in [0.1, 0.15) is 38.5 Å². The van der Waals surface area contributed by atoms with E-state index in [9.17, 15) is 20.2 Å². The fourth-order valence-corrected chi connectivity index (χ4v) is 5.85. The summed E-state index contributed by atoms with van der Waals surface area (Å²) in [6.07, 6.45) is 1.67. The molecule has 0 amide bonds. The summed E-state index contributed by atoms with van der Waals surface area (Å²) < 4.78 is 0. The van der Waals surface area contributed by atoms with Gasteiger partial charge in [0, 0.05) is 34.6 Å². The van der Waals surface area contributed by atoms with E-state index in [0.717, 1.165) is 0 Å². The Kier molecular flexibility index (Phi) is 3.21. The summed E-state index contributed by atoms with van der Waals surface area (Å²) in [5.74, 6) is -0.571. The van der Waals surface area contributed by atoms with Gasteiger partial charge in [0.1, 0.15) is 4.84 Å². The van der Waals surface area contributed by atoms with Gasteiger partial charge >= 0.3 is 0 Å². The molecule has 5 atom stereocenters. The monoisotopic (exact) mass is 337 g/mol. The number of halogens is 2. The molecule has 21 heavy (non-hydrogen) atoms. The fraction of sp³-hybridized carbons (Fsp3) is 1.00. The molecule has 0 saturated heterocycles. The van der Waals surface area contributed by atoms with E-state index in [1.165, 1.54) is 0 Å². The lowest BCUT2D eigenvalue weighted by molar-refractivity contribution is -0.653. The average Bonchev–Trinajstić information content (AvgIpc) is 2.32. The van der Waals surface area contributed by atoms with Crippen molar-refractivity contribution in [3.05, 3.63) is 20.2 Å². The molecule has 4 aliphatic carbocycles. The van der Waals surface area contributed by atoms with Crippen LogP contribution in [0.25, 0.3) is 0 Å². The minimum atomic E-state index is -1.36. The molecule has 0 aromatic heterocycles. The van der Waals surface area contributed by atoms with E-state index in [1.807, 2.05) is 0 Å². The van der Waals surface area contributed by atoms with E-state index < -0.39 is 27.4 Å². The van der Waals surface area contributed by atoms with E-state index in [4.69, 9.17) is 28.9 Å². The first-order chi connectivity index (χ1) is 9.63. The summed E-state index contributed by atoms with van der Waals surface area (Å²) in [7, 11) is 0. The predicted octanol–water partition coefficient (Wildman–Crippen LogP) is 2.13. The average molecular weight is 338 g/mol. The van der Waals surface area contributed by atoms with Crippen molar-refractivity contribution in [2.24, 2.45) is 17.6 Å². The molecule has 0 aromatic rings. The minimum Gasteiger partial charge on any atom is -0.324 e. The van der Waals surface area contributed by atoms with Crippen LogP contribution < -0.4 is 5.73 Å². The van der Waals surface area contributed by atoms with Crippen LogP contribution in [0.4, 0.5) is 0 Å². The van der Waals surface area contributed by atoms with Crippen molar-refractivity contribution in [2.45, 2.75) is 60.0 Å². The molecule has 2 N–H and O–H groups in total. The number of hydrogen-bond acceptors (Lipinski definition) is 5. The van der Waals surface area contributed by atoms with E-state index in [1.54, 1.807) is 0 Å². The molecular weight excluding hydrogens is 321 g/mol. The van der Waals surface area contributed by atoms with Crippen LogP contribution in [0.15, 0.2) is 0 Å². The number of hydrogen-bond donors (Lipinski definition) is 1. The second-order valence-electron chi connectivity index (χ2n) is 7.09. The van der Waals surface area contributed by atoms with Gasteiger partial charge in [0.15, 0.2) is 0 Å². The maximum absolute atomic E-state index is 11.8. The molecule has 0 aliphatic heterocycles.